The number of anilines is 1. The van der Waals surface area contributed by atoms with Gasteiger partial charge in [0.25, 0.3) is 0 Å². The molecule has 2 rings (SSSR count). The summed E-state index contributed by atoms with van der Waals surface area (Å²) >= 11 is 2.24. The van der Waals surface area contributed by atoms with Crippen molar-refractivity contribution in [2.75, 3.05) is 11.4 Å². The van der Waals surface area contributed by atoms with Crippen LogP contribution < -0.4 is 4.90 Å². The number of hydrogen-bond donors (Lipinski definition) is 0. The molecule has 0 radical (unpaired) electrons. The Morgan fingerprint density at radius 2 is 2.07 bits per heavy atom. The first-order chi connectivity index (χ1) is 7.20. The lowest BCUT2D eigenvalue weighted by Gasteiger charge is -2.15. The Balaban J connectivity index is 2.22. The van der Waals surface area contributed by atoms with E-state index in [9.17, 15) is 4.79 Å². The van der Waals surface area contributed by atoms with E-state index in [1.165, 1.54) is 0 Å². The maximum absolute atomic E-state index is 11.7. The number of benzene rings is 1. The summed E-state index contributed by atoms with van der Waals surface area (Å²) in [7, 11) is 0. The fourth-order valence-electron chi connectivity index (χ4n) is 1.69. The van der Waals surface area contributed by atoms with Gasteiger partial charge in [-0.3, -0.25) is 4.79 Å². The van der Waals surface area contributed by atoms with E-state index in [4.69, 9.17) is 6.42 Å². The summed E-state index contributed by atoms with van der Waals surface area (Å²) in [5.74, 6) is 2.83. The number of hydrogen-bond acceptors (Lipinski definition) is 1. The monoisotopic (exact) mass is 311 g/mol. The van der Waals surface area contributed by atoms with Crippen LogP contribution in [0.1, 0.15) is 6.42 Å². The minimum atomic E-state index is 0.0665. The summed E-state index contributed by atoms with van der Waals surface area (Å²) in [5.41, 5.74) is 0.943. The Bertz CT molecular complexity index is 418. The fraction of sp³-hybridized carbons (Fsp3) is 0.250. The third-order valence-electron chi connectivity index (χ3n) is 2.50. The maximum atomic E-state index is 11.7. The molecule has 1 heterocycles. The highest BCUT2D eigenvalue weighted by molar-refractivity contribution is 14.1. The molecule has 1 atom stereocenters. The molecule has 1 saturated heterocycles. The number of rotatable bonds is 1. The lowest BCUT2D eigenvalue weighted by atomic mass is 10.1. The standard InChI is InChI=1S/C12H10INO/c1-2-9-7-12(15)14(8-9)11-5-3-10(13)4-6-11/h1,3-6,9H,7-8H2. The second-order valence-corrected chi connectivity index (χ2v) is 4.79. The van der Waals surface area contributed by atoms with Gasteiger partial charge in [0.1, 0.15) is 0 Å². The number of halogens is 1. The highest BCUT2D eigenvalue weighted by Gasteiger charge is 2.28. The van der Waals surface area contributed by atoms with E-state index in [0.717, 1.165) is 9.26 Å². The average molecular weight is 311 g/mol. The van der Waals surface area contributed by atoms with Crippen molar-refractivity contribution in [1.82, 2.24) is 0 Å². The predicted octanol–water partition coefficient (Wildman–Crippen LogP) is 2.28. The Hall–Kier alpha value is -1.02. The Morgan fingerprint density at radius 3 is 2.60 bits per heavy atom. The molecule has 15 heavy (non-hydrogen) atoms. The Labute approximate surface area is 103 Å². The molecule has 0 aliphatic carbocycles. The largest absolute Gasteiger partial charge is 0.311 e. The van der Waals surface area contributed by atoms with Gasteiger partial charge in [-0.1, -0.05) is 0 Å². The molecule has 1 unspecified atom stereocenters. The van der Waals surface area contributed by atoms with Crippen LogP contribution in [0, 0.1) is 21.8 Å². The number of nitrogens with zero attached hydrogens (tertiary/aromatic N) is 1. The fourth-order valence-corrected chi connectivity index (χ4v) is 2.05. The third kappa shape index (κ3) is 2.15. The molecule has 1 amide bonds. The molecule has 1 aliphatic heterocycles. The average Bonchev–Trinajstić information content (AvgIpc) is 2.61. The topological polar surface area (TPSA) is 20.3 Å². The zero-order chi connectivity index (χ0) is 10.8. The second-order valence-electron chi connectivity index (χ2n) is 3.55. The van der Waals surface area contributed by atoms with Gasteiger partial charge in [-0.15, -0.1) is 12.3 Å². The van der Waals surface area contributed by atoms with Crippen LogP contribution in [0.3, 0.4) is 0 Å². The number of carbonyl (C=O) groups excluding carboxylic acids is 1. The summed E-state index contributed by atoms with van der Waals surface area (Å²) in [4.78, 5) is 13.4. The molecule has 1 fully saturated rings. The van der Waals surface area contributed by atoms with Crippen LogP contribution in [0.4, 0.5) is 5.69 Å². The summed E-state index contributed by atoms with van der Waals surface area (Å²) < 4.78 is 1.16. The van der Waals surface area contributed by atoms with Gasteiger partial charge in [0.2, 0.25) is 5.91 Å². The summed E-state index contributed by atoms with van der Waals surface area (Å²) in [5, 5.41) is 0. The van der Waals surface area contributed by atoms with Crippen LogP contribution in [0.25, 0.3) is 0 Å². The highest BCUT2D eigenvalue weighted by Crippen LogP contribution is 2.24. The molecule has 3 heteroatoms. The number of carbonyl (C=O) groups is 1. The summed E-state index contributed by atoms with van der Waals surface area (Å²) in [6.45, 7) is 0.649. The quantitative estimate of drug-likeness (QED) is 0.575. The van der Waals surface area contributed by atoms with Crippen molar-refractivity contribution >= 4 is 34.2 Å². The van der Waals surface area contributed by atoms with E-state index >= 15 is 0 Å². The molecule has 1 aromatic rings. The van der Waals surface area contributed by atoms with Gasteiger partial charge in [-0.2, -0.15) is 0 Å². The van der Waals surface area contributed by atoms with E-state index < -0.39 is 0 Å². The number of amides is 1. The molecular formula is C12H10INO. The van der Waals surface area contributed by atoms with Crippen molar-refractivity contribution < 1.29 is 4.79 Å². The van der Waals surface area contributed by atoms with E-state index in [0.29, 0.717) is 13.0 Å². The minimum Gasteiger partial charge on any atom is -0.311 e. The van der Waals surface area contributed by atoms with Crippen molar-refractivity contribution in [1.29, 1.82) is 0 Å². The molecule has 1 aromatic carbocycles. The predicted molar refractivity (Wildman–Crippen MR) is 68.5 cm³/mol. The van der Waals surface area contributed by atoms with Crippen molar-refractivity contribution in [2.24, 2.45) is 5.92 Å². The first-order valence-electron chi connectivity index (χ1n) is 4.73. The molecule has 76 valence electrons. The normalized spacial score (nSPS) is 20.4. The molecule has 0 aromatic heterocycles. The van der Waals surface area contributed by atoms with Gasteiger partial charge in [-0.05, 0) is 46.9 Å². The van der Waals surface area contributed by atoms with Crippen molar-refractivity contribution in [3.05, 3.63) is 27.8 Å². The van der Waals surface area contributed by atoms with E-state index in [2.05, 4.69) is 28.5 Å². The molecule has 0 saturated carbocycles. The minimum absolute atomic E-state index is 0.0665. The van der Waals surface area contributed by atoms with Gasteiger partial charge in [0.15, 0.2) is 0 Å². The zero-order valence-corrected chi connectivity index (χ0v) is 10.3. The van der Waals surface area contributed by atoms with E-state index in [1.807, 2.05) is 24.3 Å². The first kappa shape index (κ1) is 10.5. The van der Waals surface area contributed by atoms with E-state index in [-0.39, 0.29) is 11.8 Å². The highest BCUT2D eigenvalue weighted by atomic mass is 127. The van der Waals surface area contributed by atoms with Crippen molar-refractivity contribution in [3.8, 4) is 12.3 Å². The van der Waals surface area contributed by atoms with Crippen molar-refractivity contribution in [2.45, 2.75) is 6.42 Å². The summed E-state index contributed by atoms with van der Waals surface area (Å²) in [6, 6.07) is 7.90. The third-order valence-corrected chi connectivity index (χ3v) is 3.22. The smallest absolute Gasteiger partial charge is 0.228 e. The Kier molecular flexibility index (Phi) is 2.96. The lowest BCUT2D eigenvalue weighted by Crippen LogP contribution is -2.24. The van der Waals surface area contributed by atoms with Crippen LogP contribution in [0.15, 0.2) is 24.3 Å². The lowest BCUT2D eigenvalue weighted by molar-refractivity contribution is -0.117. The van der Waals surface area contributed by atoms with Crippen LogP contribution in [0.2, 0.25) is 0 Å². The molecule has 1 aliphatic rings. The van der Waals surface area contributed by atoms with Crippen LogP contribution >= 0.6 is 22.6 Å². The van der Waals surface area contributed by atoms with Crippen LogP contribution in [-0.2, 0) is 4.79 Å². The van der Waals surface area contributed by atoms with Crippen LogP contribution in [0.5, 0.6) is 0 Å². The Morgan fingerprint density at radius 1 is 1.40 bits per heavy atom. The first-order valence-corrected chi connectivity index (χ1v) is 5.80. The summed E-state index contributed by atoms with van der Waals surface area (Å²) in [6.07, 6.45) is 5.81. The van der Waals surface area contributed by atoms with Crippen LogP contribution in [-0.4, -0.2) is 12.5 Å². The van der Waals surface area contributed by atoms with Gasteiger partial charge in [0, 0.05) is 28.1 Å². The second kappa shape index (κ2) is 4.23. The van der Waals surface area contributed by atoms with Gasteiger partial charge < -0.3 is 4.90 Å². The molecule has 0 bridgehead atoms. The molecule has 2 nitrogen and oxygen atoms in total. The SMILES string of the molecule is C#CC1CC(=O)N(c2ccc(I)cc2)C1. The van der Waals surface area contributed by atoms with Gasteiger partial charge >= 0.3 is 0 Å². The molecular weight excluding hydrogens is 301 g/mol. The molecule has 0 spiro atoms. The number of terminal acetylenes is 1. The van der Waals surface area contributed by atoms with E-state index in [1.54, 1.807) is 4.90 Å². The molecule has 0 N–H and O–H groups in total. The van der Waals surface area contributed by atoms with Gasteiger partial charge in [0.05, 0.1) is 0 Å². The van der Waals surface area contributed by atoms with Crippen molar-refractivity contribution in [3.63, 3.8) is 0 Å². The van der Waals surface area contributed by atoms with Gasteiger partial charge in [-0.25, -0.2) is 0 Å². The zero-order valence-electron chi connectivity index (χ0n) is 8.11. The maximum Gasteiger partial charge on any atom is 0.228 e.